The van der Waals surface area contributed by atoms with E-state index in [1.165, 1.54) is 97.0 Å². The standard InChI is InChI=1S/C69H48N2S/c1-69(2)65-43-53(70(49-15-5-3-6-16-49)50-17-7-4-8-18-50)35-38-60(65)61-39-36-54(44-66(61)69)71(52-33-27-46(28-34-52)48-30-40-68-64(42-48)62-23-13-14-24-67(62)72-68)51-31-25-45(26-32-51)47-29-37-59-57-21-10-9-19-55(57)56-20-11-12-22-58(56)63(59)41-47/h3-44H,1-2H3. The fourth-order valence-corrected chi connectivity index (χ4v) is 12.7. The lowest BCUT2D eigenvalue weighted by molar-refractivity contribution is 0.660. The number of thiophene rings is 1. The molecule has 0 unspecified atom stereocenters. The van der Waals surface area contributed by atoms with Gasteiger partial charge in [0.2, 0.25) is 0 Å². The molecule has 0 saturated carbocycles. The number of hydrogen-bond acceptors (Lipinski definition) is 3. The Labute approximate surface area is 423 Å². The van der Waals surface area contributed by atoms with Gasteiger partial charge in [0.05, 0.1) is 0 Å². The zero-order chi connectivity index (χ0) is 47.9. The minimum Gasteiger partial charge on any atom is -0.310 e. The van der Waals surface area contributed by atoms with Gasteiger partial charge in [-0.15, -0.1) is 11.3 Å². The molecular formula is C69H48N2S. The molecule has 0 amide bonds. The maximum Gasteiger partial charge on any atom is 0.0465 e. The van der Waals surface area contributed by atoms with Crippen LogP contribution in [-0.2, 0) is 5.41 Å². The summed E-state index contributed by atoms with van der Waals surface area (Å²) in [6.07, 6.45) is 0. The highest BCUT2D eigenvalue weighted by atomic mass is 32.1. The predicted octanol–water partition coefficient (Wildman–Crippen LogP) is 20.1. The van der Waals surface area contributed by atoms with Gasteiger partial charge in [-0.1, -0.05) is 172 Å². The summed E-state index contributed by atoms with van der Waals surface area (Å²) < 4.78 is 2.64. The minimum atomic E-state index is -0.259. The number of benzene rings is 12. The molecule has 0 aliphatic heterocycles. The predicted molar refractivity (Wildman–Crippen MR) is 310 cm³/mol. The van der Waals surface area contributed by atoms with Crippen LogP contribution >= 0.6 is 11.3 Å². The molecule has 1 heterocycles. The SMILES string of the molecule is CC1(C)c2cc(N(c3ccccc3)c3ccccc3)ccc2-c2ccc(N(c3ccc(-c4ccc5sc6ccccc6c5c4)cc3)c3ccc(-c4ccc5c6ccccc6c6ccccc6c5c4)cc3)cc21. The summed E-state index contributed by atoms with van der Waals surface area (Å²) in [6, 6.07) is 94.1. The van der Waals surface area contributed by atoms with Crippen molar-refractivity contribution in [3.8, 4) is 33.4 Å². The quantitative estimate of drug-likeness (QED) is 0.140. The smallest absolute Gasteiger partial charge is 0.0465 e. The molecule has 0 saturated heterocycles. The largest absolute Gasteiger partial charge is 0.310 e. The summed E-state index contributed by atoms with van der Waals surface area (Å²) in [5.41, 5.74) is 16.5. The van der Waals surface area contributed by atoms with Crippen LogP contribution in [0.3, 0.4) is 0 Å². The summed E-state index contributed by atoms with van der Waals surface area (Å²) in [6.45, 7) is 4.77. The first-order valence-electron chi connectivity index (χ1n) is 24.9. The number of nitrogens with zero attached hydrogens (tertiary/aromatic N) is 2. The van der Waals surface area contributed by atoms with Crippen LogP contribution < -0.4 is 9.80 Å². The second kappa shape index (κ2) is 16.7. The summed E-state index contributed by atoms with van der Waals surface area (Å²) in [5.74, 6) is 0. The molecule has 1 aliphatic carbocycles. The number of fused-ring (bicyclic) bond motifs is 12. The maximum atomic E-state index is 2.44. The molecule has 1 aliphatic rings. The molecule has 0 bridgehead atoms. The zero-order valence-electron chi connectivity index (χ0n) is 40.1. The van der Waals surface area contributed by atoms with E-state index in [9.17, 15) is 0 Å². The van der Waals surface area contributed by atoms with Crippen LogP contribution in [0.15, 0.2) is 255 Å². The third-order valence-corrected chi connectivity index (χ3v) is 16.4. The van der Waals surface area contributed by atoms with Crippen molar-refractivity contribution in [1.29, 1.82) is 0 Å². The first-order valence-corrected chi connectivity index (χ1v) is 25.7. The Morgan fingerprint density at radius 2 is 0.625 bits per heavy atom. The van der Waals surface area contributed by atoms with Gasteiger partial charge >= 0.3 is 0 Å². The lowest BCUT2D eigenvalue weighted by Crippen LogP contribution is -2.17. The van der Waals surface area contributed by atoms with E-state index < -0.39 is 0 Å². The Hall–Kier alpha value is -8.76. The van der Waals surface area contributed by atoms with E-state index in [1.807, 2.05) is 11.3 Å². The maximum absolute atomic E-state index is 2.44. The highest BCUT2D eigenvalue weighted by Gasteiger charge is 2.37. The van der Waals surface area contributed by atoms with E-state index in [4.69, 9.17) is 0 Å². The van der Waals surface area contributed by atoms with Crippen LogP contribution in [0.2, 0.25) is 0 Å². The second-order valence-corrected chi connectivity index (χ2v) is 20.8. The van der Waals surface area contributed by atoms with Gasteiger partial charge in [0, 0.05) is 59.7 Å². The van der Waals surface area contributed by atoms with Gasteiger partial charge < -0.3 is 9.80 Å². The van der Waals surface area contributed by atoms with E-state index in [1.54, 1.807) is 0 Å². The molecular weight excluding hydrogens is 889 g/mol. The van der Waals surface area contributed by atoms with Gasteiger partial charge in [0.1, 0.15) is 0 Å². The van der Waals surface area contributed by atoms with Crippen molar-refractivity contribution < 1.29 is 0 Å². The Bertz CT molecular complexity index is 4150. The second-order valence-electron chi connectivity index (χ2n) is 19.7. The van der Waals surface area contributed by atoms with Crippen LogP contribution in [-0.4, -0.2) is 0 Å². The van der Waals surface area contributed by atoms with Gasteiger partial charge in [-0.05, 0) is 174 Å². The molecule has 0 fully saturated rings. The van der Waals surface area contributed by atoms with Gasteiger partial charge in [0.15, 0.2) is 0 Å². The third-order valence-electron chi connectivity index (χ3n) is 15.2. The molecule has 13 aromatic rings. The molecule has 0 spiro atoms. The summed E-state index contributed by atoms with van der Waals surface area (Å²) >= 11 is 1.86. The molecule has 0 radical (unpaired) electrons. The van der Waals surface area contributed by atoms with Crippen LogP contribution in [0.25, 0.3) is 85.9 Å². The van der Waals surface area contributed by atoms with E-state index in [0.29, 0.717) is 0 Å². The van der Waals surface area contributed by atoms with Crippen LogP contribution in [0.4, 0.5) is 34.1 Å². The van der Waals surface area contributed by atoms with E-state index >= 15 is 0 Å². The minimum absolute atomic E-state index is 0.259. The molecule has 72 heavy (non-hydrogen) atoms. The van der Waals surface area contributed by atoms with Crippen molar-refractivity contribution >= 4 is 98.0 Å². The van der Waals surface area contributed by atoms with Crippen molar-refractivity contribution in [2.75, 3.05) is 9.80 Å². The van der Waals surface area contributed by atoms with Crippen LogP contribution in [0, 0.1) is 0 Å². The number of hydrogen-bond donors (Lipinski definition) is 0. The molecule has 12 aromatic carbocycles. The summed E-state index contributed by atoms with van der Waals surface area (Å²) in [5, 5.41) is 10.4. The van der Waals surface area contributed by atoms with E-state index in [2.05, 4.69) is 278 Å². The molecule has 0 N–H and O–H groups in total. The zero-order valence-corrected chi connectivity index (χ0v) is 40.9. The van der Waals surface area contributed by atoms with Crippen molar-refractivity contribution in [2.45, 2.75) is 19.3 Å². The monoisotopic (exact) mass is 936 g/mol. The van der Waals surface area contributed by atoms with Crippen molar-refractivity contribution in [3.05, 3.63) is 266 Å². The molecule has 3 heteroatoms. The Morgan fingerprint density at radius 3 is 1.14 bits per heavy atom. The molecule has 1 aromatic heterocycles. The Morgan fingerprint density at radius 1 is 0.264 bits per heavy atom. The number of rotatable bonds is 8. The highest BCUT2D eigenvalue weighted by Crippen LogP contribution is 2.53. The fourth-order valence-electron chi connectivity index (χ4n) is 11.6. The molecule has 14 rings (SSSR count). The van der Waals surface area contributed by atoms with E-state index in [-0.39, 0.29) is 5.41 Å². The number of para-hydroxylation sites is 2. The average Bonchev–Trinajstić information content (AvgIpc) is 3.92. The molecule has 340 valence electrons. The summed E-state index contributed by atoms with van der Waals surface area (Å²) in [4.78, 5) is 4.79. The van der Waals surface area contributed by atoms with Gasteiger partial charge in [-0.25, -0.2) is 0 Å². The van der Waals surface area contributed by atoms with Crippen molar-refractivity contribution in [3.63, 3.8) is 0 Å². The highest BCUT2D eigenvalue weighted by molar-refractivity contribution is 7.25. The summed E-state index contributed by atoms with van der Waals surface area (Å²) in [7, 11) is 0. The lowest BCUT2D eigenvalue weighted by Gasteiger charge is -2.29. The van der Waals surface area contributed by atoms with Gasteiger partial charge in [-0.2, -0.15) is 0 Å². The van der Waals surface area contributed by atoms with Crippen LogP contribution in [0.5, 0.6) is 0 Å². The van der Waals surface area contributed by atoms with Gasteiger partial charge in [0.25, 0.3) is 0 Å². The third kappa shape index (κ3) is 6.84. The van der Waals surface area contributed by atoms with Crippen LogP contribution in [0.1, 0.15) is 25.0 Å². The lowest BCUT2D eigenvalue weighted by atomic mass is 9.82. The number of anilines is 6. The van der Waals surface area contributed by atoms with Crippen molar-refractivity contribution in [2.24, 2.45) is 0 Å². The molecule has 2 nitrogen and oxygen atoms in total. The Balaban J connectivity index is 0.867. The fraction of sp³-hybridized carbons (Fsp3) is 0.0435. The topological polar surface area (TPSA) is 6.48 Å². The first kappa shape index (κ1) is 42.1. The van der Waals surface area contributed by atoms with E-state index in [0.717, 1.165) is 34.1 Å². The average molecular weight is 937 g/mol. The van der Waals surface area contributed by atoms with Gasteiger partial charge in [-0.3, -0.25) is 0 Å². The first-order chi connectivity index (χ1) is 35.4. The normalized spacial score (nSPS) is 12.7. The van der Waals surface area contributed by atoms with Crippen molar-refractivity contribution in [1.82, 2.24) is 0 Å². The Kier molecular flexibility index (Phi) is 9.77. The molecule has 0 atom stereocenters.